The van der Waals surface area contributed by atoms with Crippen molar-refractivity contribution >= 4 is 52.1 Å². The van der Waals surface area contributed by atoms with Crippen LogP contribution in [-0.2, 0) is 0 Å². The van der Waals surface area contributed by atoms with Crippen LogP contribution < -0.4 is 15.5 Å². The van der Waals surface area contributed by atoms with Crippen LogP contribution in [-0.4, -0.2) is 48.0 Å². The summed E-state index contributed by atoms with van der Waals surface area (Å²) in [7, 11) is 0. The highest BCUT2D eigenvalue weighted by molar-refractivity contribution is 7.80. The van der Waals surface area contributed by atoms with Crippen LogP contribution in [0.15, 0.2) is 87.9 Å². The lowest BCUT2D eigenvalue weighted by Crippen LogP contribution is -2.48. The van der Waals surface area contributed by atoms with Crippen LogP contribution in [0.3, 0.4) is 0 Å². The molecular formula is C27H23ClN4O4S. The number of carbonyl (C=O) groups is 2. The van der Waals surface area contributed by atoms with Gasteiger partial charge in [0.1, 0.15) is 5.76 Å². The Kier molecular flexibility index (Phi) is 7.25. The molecule has 0 atom stereocenters. The summed E-state index contributed by atoms with van der Waals surface area (Å²) in [5.74, 6) is 0.532. The Morgan fingerprint density at radius 1 is 0.865 bits per heavy atom. The van der Waals surface area contributed by atoms with Crippen molar-refractivity contribution in [3.05, 3.63) is 95.6 Å². The molecule has 10 heteroatoms. The van der Waals surface area contributed by atoms with Gasteiger partial charge in [0.2, 0.25) is 0 Å². The van der Waals surface area contributed by atoms with Gasteiger partial charge in [-0.3, -0.25) is 14.9 Å². The van der Waals surface area contributed by atoms with Crippen molar-refractivity contribution in [2.24, 2.45) is 0 Å². The molecule has 0 radical (unpaired) electrons. The van der Waals surface area contributed by atoms with E-state index in [1.165, 1.54) is 6.26 Å². The van der Waals surface area contributed by atoms with E-state index in [4.69, 9.17) is 32.7 Å². The summed E-state index contributed by atoms with van der Waals surface area (Å²) in [6, 6.07) is 21.6. The predicted octanol–water partition coefficient (Wildman–Crippen LogP) is 5.28. The number of benzene rings is 2. The quantitative estimate of drug-likeness (QED) is 0.336. The molecule has 4 aromatic rings. The van der Waals surface area contributed by atoms with Crippen LogP contribution in [0.5, 0.6) is 0 Å². The maximum absolute atomic E-state index is 12.6. The van der Waals surface area contributed by atoms with Gasteiger partial charge < -0.3 is 24.0 Å². The fourth-order valence-electron chi connectivity index (χ4n) is 4.04. The van der Waals surface area contributed by atoms with Crippen LogP contribution in [0, 0.1) is 0 Å². The first-order chi connectivity index (χ1) is 18.0. The molecule has 2 N–H and O–H groups in total. The molecule has 8 nitrogen and oxygen atoms in total. The molecule has 1 fully saturated rings. The Bertz CT molecular complexity index is 1390. The van der Waals surface area contributed by atoms with E-state index < -0.39 is 5.91 Å². The number of carbonyl (C=O) groups excluding carboxylic acids is 2. The summed E-state index contributed by atoms with van der Waals surface area (Å²) in [4.78, 5) is 29.0. The van der Waals surface area contributed by atoms with Crippen LogP contribution in [0.1, 0.15) is 21.1 Å². The SMILES string of the molecule is O=C(NC(=S)Nc1ccc(N2CCN(C(=O)c3ccco3)CC2)cc1)c1ccc(-c2ccc(Cl)cc2)o1. The average Bonchev–Trinajstić information content (AvgIpc) is 3.62. The van der Waals surface area contributed by atoms with Crippen molar-refractivity contribution in [3.8, 4) is 11.3 Å². The number of halogens is 1. The first kappa shape index (κ1) is 24.6. The van der Waals surface area contributed by atoms with E-state index in [1.807, 2.05) is 36.4 Å². The molecule has 1 aliphatic rings. The van der Waals surface area contributed by atoms with Crippen LogP contribution in [0.2, 0.25) is 5.02 Å². The third-order valence-electron chi connectivity index (χ3n) is 5.97. The lowest BCUT2D eigenvalue weighted by atomic mass is 10.2. The number of anilines is 2. The van der Waals surface area contributed by atoms with Gasteiger partial charge in [0.05, 0.1) is 6.26 Å². The summed E-state index contributed by atoms with van der Waals surface area (Å²) in [6.07, 6.45) is 1.51. The molecule has 0 unspecified atom stereocenters. The fraction of sp³-hybridized carbons (Fsp3) is 0.148. The smallest absolute Gasteiger partial charge is 0.293 e. The number of piperazine rings is 1. The molecule has 1 saturated heterocycles. The van der Waals surface area contributed by atoms with E-state index >= 15 is 0 Å². The number of nitrogens with one attached hydrogen (secondary N) is 2. The first-order valence-corrected chi connectivity index (χ1v) is 12.4. The Balaban J connectivity index is 1.12. The Hall–Kier alpha value is -4.08. The van der Waals surface area contributed by atoms with Gasteiger partial charge in [0, 0.05) is 48.1 Å². The van der Waals surface area contributed by atoms with Crippen LogP contribution >= 0.6 is 23.8 Å². The second-order valence-corrected chi connectivity index (χ2v) is 9.23. The molecule has 37 heavy (non-hydrogen) atoms. The van der Waals surface area contributed by atoms with E-state index in [0.717, 1.165) is 30.0 Å². The van der Waals surface area contributed by atoms with Crippen molar-refractivity contribution in [3.63, 3.8) is 0 Å². The molecule has 0 bridgehead atoms. The number of hydrogen-bond acceptors (Lipinski definition) is 6. The Morgan fingerprint density at radius 3 is 2.27 bits per heavy atom. The second kappa shape index (κ2) is 10.9. The highest BCUT2D eigenvalue weighted by Gasteiger charge is 2.24. The highest BCUT2D eigenvalue weighted by Crippen LogP contribution is 2.24. The first-order valence-electron chi connectivity index (χ1n) is 11.6. The molecule has 0 spiro atoms. The van der Waals surface area contributed by atoms with Gasteiger partial charge in [-0.25, -0.2) is 0 Å². The summed E-state index contributed by atoms with van der Waals surface area (Å²) in [6.45, 7) is 2.66. The molecule has 2 aromatic carbocycles. The molecule has 1 aliphatic heterocycles. The van der Waals surface area contributed by atoms with Crippen molar-refractivity contribution in [1.29, 1.82) is 0 Å². The number of amides is 2. The lowest BCUT2D eigenvalue weighted by molar-refractivity contribution is 0.0714. The van der Waals surface area contributed by atoms with Gasteiger partial charge in [-0.05, 0) is 85.0 Å². The maximum Gasteiger partial charge on any atom is 0.293 e. The molecule has 0 saturated carbocycles. The summed E-state index contributed by atoms with van der Waals surface area (Å²) >= 11 is 11.2. The fourth-order valence-corrected chi connectivity index (χ4v) is 4.37. The summed E-state index contributed by atoms with van der Waals surface area (Å²) in [5.41, 5.74) is 2.59. The van der Waals surface area contributed by atoms with Gasteiger partial charge >= 0.3 is 0 Å². The van der Waals surface area contributed by atoms with Gasteiger partial charge in [-0.1, -0.05) is 11.6 Å². The number of thiocarbonyl (C=S) groups is 1. The Labute approximate surface area is 223 Å². The standard InChI is InChI=1S/C27H23ClN4O4S/c28-19-5-3-18(4-6-19)22-11-12-23(36-22)25(33)30-27(37)29-20-7-9-21(10-8-20)31-13-15-32(16-14-31)26(34)24-2-1-17-35-24/h1-12,17H,13-16H2,(H2,29,30,33,37). The molecule has 3 heterocycles. The van der Waals surface area contributed by atoms with E-state index in [0.29, 0.717) is 29.6 Å². The largest absolute Gasteiger partial charge is 0.459 e. The van der Waals surface area contributed by atoms with Gasteiger partial charge in [0.15, 0.2) is 16.6 Å². The van der Waals surface area contributed by atoms with E-state index in [-0.39, 0.29) is 16.8 Å². The minimum Gasteiger partial charge on any atom is -0.459 e. The zero-order chi connectivity index (χ0) is 25.8. The third-order valence-corrected chi connectivity index (χ3v) is 6.43. The summed E-state index contributed by atoms with van der Waals surface area (Å²) in [5, 5.41) is 6.43. The van der Waals surface area contributed by atoms with E-state index in [9.17, 15) is 9.59 Å². The minimum absolute atomic E-state index is 0.0875. The molecular weight excluding hydrogens is 512 g/mol. The van der Waals surface area contributed by atoms with Crippen LogP contribution in [0.4, 0.5) is 11.4 Å². The number of nitrogens with zero attached hydrogens (tertiary/aromatic N) is 2. The summed E-state index contributed by atoms with van der Waals surface area (Å²) < 4.78 is 10.9. The zero-order valence-corrected chi connectivity index (χ0v) is 21.2. The molecule has 2 amide bonds. The van der Waals surface area contributed by atoms with Gasteiger partial charge in [0.25, 0.3) is 11.8 Å². The molecule has 0 aliphatic carbocycles. The number of hydrogen-bond donors (Lipinski definition) is 2. The van der Waals surface area contributed by atoms with Gasteiger partial charge in [-0.2, -0.15) is 0 Å². The van der Waals surface area contributed by atoms with E-state index in [2.05, 4.69) is 15.5 Å². The van der Waals surface area contributed by atoms with Crippen molar-refractivity contribution in [2.75, 3.05) is 36.4 Å². The lowest BCUT2D eigenvalue weighted by Gasteiger charge is -2.35. The van der Waals surface area contributed by atoms with Crippen molar-refractivity contribution < 1.29 is 18.4 Å². The van der Waals surface area contributed by atoms with Crippen molar-refractivity contribution in [1.82, 2.24) is 10.2 Å². The monoisotopic (exact) mass is 534 g/mol. The maximum atomic E-state index is 12.6. The number of furan rings is 2. The minimum atomic E-state index is -0.448. The number of rotatable bonds is 5. The van der Waals surface area contributed by atoms with E-state index in [1.54, 1.807) is 41.3 Å². The Morgan fingerprint density at radius 2 is 1.59 bits per heavy atom. The average molecular weight is 535 g/mol. The zero-order valence-electron chi connectivity index (χ0n) is 19.6. The van der Waals surface area contributed by atoms with Crippen molar-refractivity contribution in [2.45, 2.75) is 0 Å². The molecule has 2 aromatic heterocycles. The van der Waals surface area contributed by atoms with Gasteiger partial charge in [-0.15, -0.1) is 0 Å². The molecule has 188 valence electrons. The normalized spacial score (nSPS) is 13.3. The van der Waals surface area contributed by atoms with Crippen LogP contribution in [0.25, 0.3) is 11.3 Å². The third kappa shape index (κ3) is 5.84. The molecule has 5 rings (SSSR count). The predicted molar refractivity (Wildman–Crippen MR) is 146 cm³/mol. The second-order valence-electron chi connectivity index (χ2n) is 8.38. The highest BCUT2D eigenvalue weighted by atomic mass is 35.5. The topological polar surface area (TPSA) is 91.0 Å².